The van der Waals surface area contributed by atoms with Gasteiger partial charge < -0.3 is 10.2 Å². The summed E-state index contributed by atoms with van der Waals surface area (Å²) in [5.74, 6) is 0.395. The molecular weight excluding hydrogens is 380 g/mol. The molecule has 0 atom stereocenters. The summed E-state index contributed by atoms with van der Waals surface area (Å²) in [5.41, 5.74) is 4.62. The molecule has 1 heterocycles. The molecule has 146 valence electrons. The molecule has 0 saturated carbocycles. The van der Waals surface area contributed by atoms with Crippen molar-refractivity contribution in [3.05, 3.63) is 89.5 Å². The number of hydrogen-bond donors (Lipinski definition) is 1. The van der Waals surface area contributed by atoms with Crippen LogP contribution in [-0.4, -0.2) is 24.1 Å². The molecule has 0 fully saturated rings. The Bertz CT molecular complexity index is 1050. The lowest BCUT2D eigenvalue weighted by atomic mass is 10.1. The second-order valence-electron chi connectivity index (χ2n) is 7.01. The second kappa shape index (κ2) is 8.53. The lowest BCUT2D eigenvalue weighted by Crippen LogP contribution is -2.30. The first-order valence-electron chi connectivity index (χ1n) is 9.60. The fourth-order valence-electron chi connectivity index (χ4n) is 3.48. The van der Waals surface area contributed by atoms with E-state index in [0.717, 1.165) is 34.8 Å². The van der Waals surface area contributed by atoms with Gasteiger partial charge in [0.05, 0.1) is 5.75 Å². The van der Waals surface area contributed by atoms with Gasteiger partial charge >= 0.3 is 0 Å². The Morgan fingerprint density at radius 3 is 2.48 bits per heavy atom. The van der Waals surface area contributed by atoms with Crippen molar-refractivity contribution < 1.29 is 9.59 Å². The molecule has 0 radical (unpaired) electrons. The molecule has 1 aliphatic heterocycles. The number of amides is 2. The minimum atomic E-state index is -0.119. The molecule has 4 rings (SSSR count). The standard InChI is InChI=1S/C24H22N2O2S/c1-17-6-2-4-8-21(17)24(28)25-19-10-12-20(13-11-19)29-16-23(27)26-15-14-18-7-3-5-9-22(18)26/h2-13H,14-16H2,1H3,(H,25,28). The summed E-state index contributed by atoms with van der Waals surface area (Å²) in [4.78, 5) is 27.9. The van der Waals surface area contributed by atoms with Crippen LogP contribution in [0.25, 0.3) is 0 Å². The topological polar surface area (TPSA) is 49.4 Å². The van der Waals surface area contributed by atoms with Gasteiger partial charge in [-0.2, -0.15) is 0 Å². The van der Waals surface area contributed by atoms with Crippen molar-refractivity contribution in [3.63, 3.8) is 0 Å². The highest BCUT2D eigenvalue weighted by molar-refractivity contribution is 8.00. The van der Waals surface area contributed by atoms with Gasteiger partial charge in [0.2, 0.25) is 5.91 Å². The maximum Gasteiger partial charge on any atom is 0.255 e. The predicted octanol–water partition coefficient (Wildman–Crippen LogP) is 4.93. The van der Waals surface area contributed by atoms with Crippen LogP contribution < -0.4 is 10.2 Å². The van der Waals surface area contributed by atoms with Gasteiger partial charge in [-0.1, -0.05) is 36.4 Å². The van der Waals surface area contributed by atoms with Crippen molar-refractivity contribution in [2.75, 3.05) is 22.5 Å². The van der Waals surface area contributed by atoms with E-state index in [1.54, 1.807) is 0 Å². The SMILES string of the molecule is Cc1ccccc1C(=O)Nc1ccc(SCC(=O)N2CCc3ccccc32)cc1. The fourth-order valence-corrected chi connectivity index (χ4v) is 4.26. The van der Waals surface area contributed by atoms with E-state index in [4.69, 9.17) is 0 Å². The monoisotopic (exact) mass is 402 g/mol. The molecule has 1 N–H and O–H groups in total. The van der Waals surface area contributed by atoms with Crippen LogP contribution in [0.1, 0.15) is 21.5 Å². The summed E-state index contributed by atoms with van der Waals surface area (Å²) in [5, 5.41) is 2.92. The normalized spacial score (nSPS) is 12.5. The molecular formula is C24H22N2O2S. The van der Waals surface area contributed by atoms with E-state index >= 15 is 0 Å². The van der Waals surface area contributed by atoms with E-state index in [9.17, 15) is 9.59 Å². The van der Waals surface area contributed by atoms with Crippen LogP contribution in [-0.2, 0) is 11.2 Å². The third kappa shape index (κ3) is 4.35. The van der Waals surface area contributed by atoms with Crippen molar-refractivity contribution in [1.82, 2.24) is 0 Å². The first-order chi connectivity index (χ1) is 14.1. The lowest BCUT2D eigenvalue weighted by molar-refractivity contribution is -0.116. The zero-order valence-electron chi connectivity index (χ0n) is 16.2. The van der Waals surface area contributed by atoms with Gasteiger partial charge in [-0.3, -0.25) is 9.59 Å². The summed E-state index contributed by atoms with van der Waals surface area (Å²) in [6.07, 6.45) is 0.919. The Hall–Kier alpha value is -3.05. The van der Waals surface area contributed by atoms with E-state index in [-0.39, 0.29) is 11.8 Å². The van der Waals surface area contributed by atoms with Crippen LogP contribution in [0.5, 0.6) is 0 Å². The highest BCUT2D eigenvalue weighted by Gasteiger charge is 2.23. The first-order valence-corrected chi connectivity index (χ1v) is 10.6. The van der Waals surface area contributed by atoms with Gasteiger partial charge in [-0.25, -0.2) is 0 Å². The summed E-state index contributed by atoms with van der Waals surface area (Å²) in [6.45, 7) is 2.67. The summed E-state index contributed by atoms with van der Waals surface area (Å²) >= 11 is 1.51. The van der Waals surface area contributed by atoms with Gasteiger partial charge in [0.1, 0.15) is 0 Å². The van der Waals surface area contributed by atoms with Gasteiger partial charge in [0.25, 0.3) is 5.91 Å². The van der Waals surface area contributed by atoms with Crippen LogP contribution in [0.2, 0.25) is 0 Å². The molecule has 0 spiro atoms. The second-order valence-corrected chi connectivity index (χ2v) is 8.05. The van der Waals surface area contributed by atoms with E-state index in [2.05, 4.69) is 11.4 Å². The number of nitrogens with zero attached hydrogens (tertiary/aromatic N) is 1. The largest absolute Gasteiger partial charge is 0.322 e. The molecule has 0 aliphatic carbocycles. The summed E-state index contributed by atoms with van der Waals surface area (Å²) < 4.78 is 0. The number of hydrogen-bond acceptors (Lipinski definition) is 3. The van der Waals surface area contributed by atoms with Crippen LogP contribution in [0.3, 0.4) is 0 Å². The molecule has 29 heavy (non-hydrogen) atoms. The van der Waals surface area contributed by atoms with E-state index in [1.165, 1.54) is 17.3 Å². The van der Waals surface area contributed by atoms with Crippen molar-refractivity contribution in [1.29, 1.82) is 0 Å². The molecule has 3 aromatic rings. The molecule has 2 amide bonds. The Morgan fingerprint density at radius 2 is 1.69 bits per heavy atom. The number of carbonyl (C=O) groups is 2. The summed E-state index contributed by atoms with van der Waals surface area (Å²) in [6, 6.07) is 23.2. The minimum absolute atomic E-state index is 0.119. The molecule has 3 aromatic carbocycles. The zero-order valence-corrected chi connectivity index (χ0v) is 17.0. The maximum absolute atomic E-state index is 12.6. The Balaban J connectivity index is 1.34. The molecule has 4 nitrogen and oxygen atoms in total. The third-order valence-corrected chi connectivity index (χ3v) is 6.05. The average Bonchev–Trinajstić information content (AvgIpc) is 3.17. The maximum atomic E-state index is 12.6. The number of nitrogens with one attached hydrogen (secondary N) is 1. The van der Waals surface area contributed by atoms with Gasteiger partial charge in [-0.05, 0) is 60.9 Å². The van der Waals surface area contributed by atoms with Gasteiger partial charge in [0.15, 0.2) is 0 Å². The number of para-hydroxylation sites is 1. The first kappa shape index (κ1) is 19.3. The number of benzene rings is 3. The average molecular weight is 403 g/mol. The number of anilines is 2. The molecule has 0 bridgehead atoms. The molecule has 0 saturated heterocycles. The zero-order chi connectivity index (χ0) is 20.2. The Labute approximate surface area is 174 Å². The van der Waals surface area contributed by atoms with Crippen LogP contribution in [0.4, 0.5) is 11.4 Å². The van der Waals surface area contributed by atoms with Crippen LogP contribution in [0.15, 0.2) is 77.7 Å². The molecule has 1 aliphatic rings. The van der Waals surface area contributed by atoms with Crippen LogP contribution in [0, 0.1) is 6.92 Å². The number of aryl methyl sites for hydroxylation is 1. The number of thioether (sulfide) groups is 1. The third-order valence-electron chi connectivity index (χ3n) is 5.05. The van der Waals surface area contributed by atoms with Crippen molar-refractivity contribution in [2.45, 2.75) is 18.2 Å². The summed E-state index contributed by atoms with van der Waals surface area (Å²) in [7, 11) is 0. The van der Waals surface area contributed by atoms with E-state index < -0.39 is 0 Å². The number of rotatable bonds is 5. The lowest BCUT2D eigenvalue weighted by Gasteiger charge is -2.17. The fraction of sp³-hybridized carbons (Fsp3) is 0.167. The Kier molecular flexibility index (Phi) is 5.67. The van der Waals surface area contributed by atoms with Crippen molar-refractivity contribution in [2.24, 2.45) is 0 Å². The number of fused-ring (bicyclic) bond motifs is 1. The highest BCUT2D eigenvalue weighted by Crippen LogP contribution is 2.29. The van der Waals surface area contributed by atoms with Gasteiger partial charge in [0, 0.05) is 28.4 Å². The van der Waals surface area contributed by atoms with Crippen molar-refractivity contribution in [3.8, 4) is 0 Å². The van der Waals surface area contributed by atoms with Crippen LogP contribution >= 0.6 is 11.8 Å². The molecule has 0 unspecified atom stereocenters. The minimum Gasteiger partial charge on any atom is -0.322 e. The molecule has 5 heteroatoms. The van der Waals surface area contributed by atoms with E-state index in [1.807, 2.05) is 78.6 Å². The quantitative estimate of drug-likeness (QED) is 0.616. The highest BCUT2D eigenvalue weighted by atomic mass is 32.2. The Morgan fingerprint density at radius 1 is 0.966 bits per heavy atom. The number of carbonyl (C=O) groups excluding carboxylic acids is 2. The predicted molar refractivity (Wildman–Crippen MR) is 119 cm³/mol. The van der Waals surface area contributed by atoms with Gasteiger partial charge in [-0.15, -0.1) is 11.8 Å². The van der Waals surface area contributed by atoms with E-state index in [0.29, 0.717) is 11.3 Å². The smallest absolute Gasteiger partial charge is 0.255 e. The molecule has 0 aromatic heterocycles. The van der Waals surface area contributed by atoms with Crippen molar-refractivity contribution >= 4 is 35.0 Å².